The van der Waals surface area contributed by atoms with Crippen LogP contribution in [-0.4, -0.2) is 24.9 Å². The van der Waals surface area contributed by atoms with Crippen molar-refractivity contribution >= 4 is 17.4 Å². The normalized spacial score (nSPS) is 11.6. The Bertz CT molecular complexity index is 327. The molecule has 0 aliphatic rings. The summed E-state index contributed by atoms with van der Waals surface area (Å²) in [6, 6.07) is 8.74. The van der Waals surface area contributed by atoms with Crippen LogP contribution in [0.3, 0.4) is 0 Å². The summed E-state index contributed by atoms with van der Waals surface area (Å²) in [6.45, 7) is 7.31. The molecule has 17 heavy (non-hydrogen) atoms. The lowest BCUT2D eigenvalue weighted by Gasteiger charge is -2.25. The van der Waals surface area contributed by atoms with Crippen LogP contribution in [0.25, 0.3) is 0 Å². The van der Waals surface area contributed by atoms with Gasteiger partial charge in [0.05, 0.1) is 0 Å². The number of nitrogens with two attached hydrogens (primary N) is 1. The number of benzene rings is 1. The summed E-state index contributed by atoms with van der Waals surface area (Å²) in [5, 5.41) is 0. The highest BCUT2D eigenvalue weighted by atomic mass is 32.2. The smallest absolute Gasteiger partial charge is 0.0364 e. The predicted molar refractivity (Wildman–Crippen MR) is 79.0 cm³/mol. The molecule has 0 atom stereocenters. The molecular formula is C14H24N2S. The van der Waals surface area contributed by atoms with Gasteiger partial charge in [0, 0.05) is 29.7 Å². The molecule has 2 nitrogen and oxygen atoms in total. The molecule has 3 heteroatoms. The van der Waals surface area contributed by atoms with E-state index < -0.39 is 0 Å². The summed E-state index contributed by atoms with van der Waals surface area (Å²) < 4.78 is 0. The van der Waals surface area contributed by atoms with Gasteiger partial charge in [0.25, 0.3) is 0 Å². The van der Waals surface area contributed by atoms with Crippen LogP contribution in [0.5, 0.6) is 0 Å². The number of hydrogen-bond donors (Lipinski definition) is 1. The third-order valence-corrected chi connectivity index (χ3v) is 3.57. The second-order valence-electron chi connectivity index (χ2n) is 5.09. The van der Waals surface area contributed by atoms with Gasteiger partial charge in [-0.25, -0.2) is 0 Å². The summed E-state index contributed by atoms with van der Waals surface area (Å²) in [6.07, 6.45) is 0.995. The minimum absolute atomic E-state index is 0.0910. The average Bonchev–Trinajstić information content (AvgIpc) is 2.26. The molecule has 0 bridgehead atoms. The van der Waals surface area contributed by atoms with E-state index in [1.807, 2.05) is 11.8 Å². The fourth-order valence-electron chi connectivity index (χ4n) is 1.55. The Labute approximate surface area is 110 Å². The number of thioether (sulfide) groups is 1. The van der Waals surface area contributed by atoms with Crippen molar-refractivity contribution in [3.05, 3.63) is 24.3 Å². The number of rotatable bonds is 6. The first-order chi connectivity index (χ1) is 7.92. The third kappa shape index (κ3) is 5.46. The fourth-order valence-corrected chi connectivity index (χ4v) is 2.21. The van der Waals surface area contributed by atoms with Crippen LogP contribution in [0.4, 0.5) is 5.69 Å². The molecule has 0 spiro atoms. The van der Waals surface area contributed by atoms with Crippen LogP contribution in [-0.2, 0) is 0 Å². The second kappa shape index (κ2) is 6.31. The van der Waals surface area contributed by atoms with E-state index in [2.05, 4.69) is 57.0 Å². The summed E-state index contributed by atoms with van der Waals surface area (Å²) in [5.74, 6) is 1.12. The monoisotopic (exact) mass is 252 g/mol. The fraction of sp³-hybridized carbons (Fsp3) is 0.571. The molecule has 0 unspecified atom stereocenters. The quantitative estimate of drug-likeness (QED) is 0.787. The van der Waals surface area contributed by atoms with Crippen molar-refractivity contribution in [2.45, 2.75) is 37.6 Å². The van der Waals surface area contributed by atoms with Crippen molar-refractivity contribution in [2.75, 3.05) is 24.2 Å². The van der Waals surface area contributed by atoms with E-state index in [1.54, 1.807) is 0 Å². The van der Waals surface area contributed by atoms with E-state index >= 15 is 0 Å². The van der Waals surface area contributed by atoms with E-state index in [1.165, 1.54) is 10.6 Å². The Morgan fingerprint density at radius 3 is 2.29 bits per heavy atom. The number of anilines is 1. The van der Waals surface area contributed by atoms with Crippen LogP contribution in [0.2, 0.25) is 0 Å². The maximum atomic E-state index is 6.00. The lowest BCUT2D eigenvalue weighted by Crippen LogP contribution is -2.36. The Balaban J connectivity index is 2.54. The first kappa shape index (κ1) is 14.4. The minimum atomic E-state index is -0.0910. The van der Waals surface area contributed by atoms with Crippen LogP contribution in [0, 0.1) is 0 Å². The Morgan fingerprint density at radius 2 is 1.82 bits per heavy atom. The molecule has 0 fully saturated rings. The zero-order valence-electron chi connectivity index (χ0n) is 11.4. The molecule has 0 aliphatic heterocycles. The summed E-state index contributed by atoms with van der Waals surface area (Å²) in [4.78, 5) is 3.60. The van der Waals surface area contributed by atoms with Gasteiger partial charge in [0.2, 0.25) is 0 Å². The Hall–Kier alpha value is -0.670. The Kier molecular flexibility index (Phi) is 5.34. The standard InChI is InChI=1S/C14H24N2S/c1-5-17-13-8-6-12(7-9-13)16(4)11-10-14(2,3)15/h6-9H,5,10-11,15H2,1-4H3. The Morgan fingerprint density at radius 1 is 1.24 bits per heavy atom. The van der Waals surface area contributed by atoms with Crippen molar-refractivity contribution in [1.82, 2.24) is 0 Å². The molecule has 2 N–H and O–H groups in total. The first-order valence-corrected chi connectivity index (χ1v) is 7.14. The molecule has 0 saturated carbocycles. The van der Waals surface area contributed by atoms with Gasteiger partial charge in [-0.2, -0.15) is 0 Å². The molecule has 0 radical (unpaired) electrons. The highest BCUT2D eigenvalue weighted by molar-refractivity contribution is 7.99. The molecule has 0 aromatic heterocycles. The van der Waals surface area contributed by atoms with Gasteiger partial charge < -0.3 is 10.6 Å². The van der Waals surface area contributed by atoms with Crippen molar-refractivity contribution in [2.24, 2.45) is 5.73 Å². The molecule has 96 valence electrons. The van der Waals surface area contributed by atoms with Crippen molar-refractivity contribution < 1.29 is 0 Å². The molecule has 1 aromatic rings. The SMILES string of the molecule is CCSc1ccc(N(C)CCC(C)(C)N)cc1. The molecular weight excluding hydrogens is 228 g/mol. The second-order valence-corrected chi connectivity index (χ2v) is 6.42. The number of nitrogens with zero attached hydrogens (tertiary/aromatic N) is 1. The van der Waals surface area contributed by atoms with Gasteiger partial charge in [0.1, 0.15) is 0 Å². The summed E-state index contributed by atoms with van der Waals surface area (Å²) in [7, 11) is 2.12. The highest BCUT2D eigenvalue weighted by Gasteiger charge is 2.11. The van der Waals surface area contributed by atoms with E-state index in [0.29, 0.717) is 0 Å². The minimum Gasteiger partial charge on any atom is -0.375 e. The van der Waals surface area contributed by atoms with Crippen LogP contribution >= 0.6 is 11.8 Å². The van der Waals surface area contributed by atoms with E-state index in [9.17, 15) is 0 Å². The highest BCUT2D eigenvalue weighted by Crippen LogP contribution is 2.22. The van der Waals surface area contributed by atoms with Crippen LogP contribution in [0.15, 0.2) is 29.2 Å². The van der Waals surface area contributed by atoms with Gasteiger partial charge >= 0.3 is 0 Å². The molecule has 0 saturated heterocycles. The molecule has 0 heterocycles. The number of hydrogen-bond acceptors (Lipinski definition) is 3. The van der Waals surface area contributed by atoms with E-state index in [4.69, 9.17) is 5.73 Å². The van der Waals surface area contributed by atoms with Crippen molar-refractivity contribution in [3.63, 3.8) is 0 Å². The van der Waals surface area contributed by atoms with Crippen LogP contribution in [0.1, 0.15) is 27.2 Å². The van der Waals surface area contributed by atoms with Crippen molar-refractivity contribution in [3.8, 4) is 0 Å². The van der Waals surface area contributed by atoms with Crippen LogP contribution < -0.4 is 10.6 Å². The lowest BCUT2D eigenvalue weighted by atomic mass is 10.0. The van der Waals surface area contributed by atoms with Crippen molar-refractivity contribution in [1.29, 1.82) is 0 Å². The zero-order chi connectivity index (χ0) is 12.9. The van der Waals surface area contributed by atoms with Gasteiger partial charge in [-0.05, 0) is 50.3 Å². The first-order valence-electron chi connectivity index (χ1n) is 6.15. The molecule has 0 amide bonds. The molecule has 1 aromatic carbocycles. The van der Waals surface area contributed by atoms with Gasteiger partial charge in [-0.3, -0.25) is 0 Å². The van der Waals surface area contributed by atoms with E-state index in [0.717, 1.165) is 18.7 Å². The predicted octanol–water partition coefficient (Wildman–Crippen LogP) is 3.36. The maximum absolute atomic E-state index is 6.00. The average molecular weight is 252 g/mol. The third-order valence-electron chi connectivity index (χ3n) is 2.68. The van der Waals surface area contributed by atoms with Gasteiger partial charge in [0.15, 0.2) is 0 Å². The molecule has 0 aliphatic carbocycles. The summed E-state index contributed by atoms with van der Waals surface area (Å²) >= 11 is 1.87. The topological polar surface area (TPSA) is 29.3 Å². The zero-order valence-corrected chi connectivity index (χ0v) is 12.2. The lowest BCUT2D eigenvalue weighted by molar-refractivity contribution is 0.479. The molecule has 1 rings (SSSR count). The van der Waals surface area contributed by atoms with Gasteiger partial charge in [-0.1, -0.05) is 6.92 Å². The van der Waals surface area contributed by atoms with Gasteiger partial charge in [-0.15, -0.1) is 11.8 Å². The van der Waals surface area contributed by atoms with E-state index in [-0.39, 0.29) is 5.54 Å². The largest absolute Gasteiger partial charge is 0.375 e. The summed E-state index contributed by atoms with van der Waals surface area (Å²) in [5.41, 5.74) is 7.16. The maximum Gasteiger partial charge on any atom is 0.0364 e.